The molecule has 0 atom stereocenters. The van der Waals surface area contributed by atoms with E-state index in [1.807, 2.05) is 0 Å². The summed E-state index contributed by atoms with van der Waals surface area (Å²) in [6.07, 6.45) is 2.99. The summed E-state index contributed by atoms with van der Waals surface area (Å²) < 4.78 is 34.9. The van der Waals surface area contributed by atoms with Crippen molar-refractivity contribution < 1.29 is 18.3 Å². The molecule has 7 heteroatoms. The molecule has 2 rings (SSSR count). The Kier molecular flexibility index (Phi) is 5.16. The maximum atomic E-state index is 12.4. The summed E-state index contributed by atoms with van der Waals surface area (Å²) in [5.41, 5.74) is 1.10. The number of anilines is 1. The maximum absolute atomic E-state index is 12.4. The number of alkyl halides is 2. The zero-order chi connectivity index (χ0) is 15.2. The number of rotatable bonds is 6. The van der Waals surface area contributed by atoms with E-state index in [1.54, 1.807) is 25.2 Å². The third-order valence-electron chi connectivity index (χ3n) is 2.72. The predicted octanol–water partition coefficient (Wildman–Crippen LogP) is 3.96. The molecule has 0 amide bonds. The van der Waals surface area contributed by atoms with Crippen LogP contribution in [0.25, 0.3) is 0 Å². The minimum atomic E-state index is -2.90. The average molecular weight is 315 g/mol. The van der Waals surface area contributed by atoms with Gasteiger partial charge in [0.05, 0.1) is 16.8 Å². The lowest BCUT2D eigenvalue weighted by atomic mass is 10.1. The van der Waals surface area contributed by atoms with Crippen LogP contribution in [-0.4, -0.2) is 18.6 Å². The highest BCUT2D eigenvalue weighted by molar-refractivity contribution is 6.31. The summed E-state index contributed by atoms with van der Waals surface area (Å²) in [7, 11) is 1.68. The molecule has 21 heavy (non-hydrogen) atoms. The van der Waals surface area contributed by atoms with Crippen LogP contribution in [0.5, 0.6) is 11.5 Å². The number of ether oxygens (including phenoxy) is 2. The number of pyridine rings is 1. The molecule has 2 aromatic rings. The largest absolute Gasteiger partial charge is 0.485 e. The summed E-state index contributed by atoms with van der Waals surface area (Å²) in [6, 6.07) is 6.39. The van der Waals surface area contributed by atoms with Crippen molar-refractivity contribution in [1.29, 1.82) is 0 Å². The molecule has 0 saturated heterocycles. The summed E-state index contributed by atoms with van der Waals surface area (Å²) in [5.74, 6) is 0.421. The average Bonchev–Trinajstić information content (AvgIpc) is 2.46. The van der Waals surface area contributed by atoms with Gasteiger partial charge in [0, 0.05) is 18.9 Å². The van der Waals surface area contributed by atoms with Gasteiger partial charge in [0.15, 0.2) is 5.75 Å². The predicted molar refractivity (Wildman–Crippen MR) is 76.2 cm³/mol. The lowest BCUT2D eigenvalue weighted by Crippen LogP contribution is -2.08. The normalized spacial score (nSPS) is 10.5. The number of benzene rings is 1. The van der Waals surface area contributed by atoms with E-state index in [2.05, 4.69) is 15.0 Å². The number of hydrogen-bond donors (Lipinski definition) is 1. The Morgan fingerprint density at radius 3 is 2.76 bits per heavy atom. The first kappa shape index (κ1) is 15.3. The molecule has 1 heterocycles. The van der Waals surface area contributed by atoms with Crippen molar-refractivity contribution in [3.8, 4) is 11.5 Å². The lowest BCUT2D eigenvalue weighted by Gasteiger charge is -2.16. The van der Waals surface area contributed by atoms with Crippen LogP contribution >= 0.6 is 11.6 Å². The van der Waals surface area contributed by atoms with Crippen molar-refractivity contribution in [2.45, 2.75) is 13.2 Å². The van der Waals surface area contributed by atoms with Crippen molar-refractivity contribution in [3.63, 3.8) is 0 Å². The minimum absolute atomic E-state index is 0.0183. The molecule has 0 aliphatic rings. The van der Waals surface area contributed by atoms with Crippen LogP contribution in [0.3, 0.4) is 0 Å². The highest BCUT2D eigenvalue weighted by Gasteiger charge is 2.14. The zero-order valence-electron chi connectivity index (χ0n) is 11.1. The van der Waals surface area contributed by atoms with Gasteiger partial charge in [-0.2, -0.15) is 8.78 Å². The quantitative estimate of drug-likeness (QED) is 0.876. The summed E-state index contributed by atoms with van der Waals surface area (Å²) >= 11 is 5.96. The topological polar surface area (TPSA) is 43.4 Å². The lowest BCUT2D eigenvalue weighted by molar-refractivity contribution is -0.0507. The first-order valence-electron chi connectivity index (χ1n) is 6.08. The van der Waals surface area contributed by atoms with Crippen LogP contribution in [0.1, 0.15) is 5.56 Å². The van der Waals surface area contributed by atoms with Gasteiger partial charge >= 0.3 is 6.61 Å². The molecule has 0 bridgehead atoms. The molecule has 0 fully saturated rings. The molecule has 0 aliphatic carbocycles. The number of nitrogens with zero attached hydrogens (tertiary/aromatic N) is 1. The second kappa shape index (κ2) is 7.08. The van der Waals surface area contributed by atoms with E-state index in [1.165, 1.54) is 18.5 Å². The second-order valence-electron chi connectivity index (χ2n) is 4.01. The van der Waals surface area contributed by atoms with Crippen molar-refractivity contribution in [2.75, 3.05) is 12.4 Å². The van der Waals surface area contributed by atoms with E-state index in [4.69, 9.17) is 16.3 Å². The molecule has 0 unspecified atom stereocenters. The Labute approximate surface area is 125 Å². The Balaban J connectivity index is 2.23. The van der Waals surface area contributed by atoms with Crippen molar-refractivity contribution in [1.82, 2.24) is 4.98 Å². The second-order valence-corrected chi connectivity index (χ2v) is 4.41. The highest BCUT2D eigenvalue weighted by Crippen LogP contribution is 2.30. The minimum Gasteiger partial charge on any atom is -0.485 e. The molecule has 1 N–H and O–H groups in total. The Morgan fingerprint density at radius 2 is 2.10 bits per heavy atom. The van der Waals surface area contributed by atoms with Crippen LogP contribution in [0.15, 0.2) is 36.7 Å². The van der Waals surface area contributed by atoms with Gasteiger partial charge in [-0.25, -0.2) is 0 Å². The van der Waals surface area contributed by atoms with E-state index in [9.17, 15) is 8.78 Å². The van der Waals surface area contributed by atoms with E-state index in [-0.39, 0.29) is 12.4 Å². The third-order valence-corrected chi connectivity index (χ3v) is 3.04. The molecular formula is C14H13ClF2N2O2. The molecule has 0 saturated carbocycles. The van der Waals surface area contributed by atoms with E-state index < -0.39 is 6.61 Å². The highest BCUT2D eigenvalue weighted by atomic mass is 35.5. The Hall–Kier alpha value is -2.08. The SMILES string of the molecule is CNc1cccc(OC(F)F)c1COc1cnccc1Cl. The molecule has 112 valence electrons. The standard InChI is InChI=1S/C14H13ClF2N2O2/c1-18-11-3-2-4-12(21-14(16)17)9(11)8-20-13-7-19-6-5-10(13)15/h2-7,14,18H,8H2,1H3. The molecule has 1 aromatic carbocycles. The van der Waals surface area contributed by atoms with Crippen LogP contribution in [0, 0.1) is 0 Å². The van der Waals surface area contributed by atoms with E-state index in [0.29, 0.717) is 22.0 Å². The monoisotopic (exact) mass is 314 g/mol. The van der Waals surface area contributed by atoms with Crippen molar-refractivity contribution in [2.24, 2.45) is 0 Å². The molecule has 1 aromatic heterocycles. The van der Waals surface area contributed by atoms with Gasteiger partial charge in [-0.15, -0.1) is 0 Å². The van der Waals surface area contributed by atoms with Crippen molar-refractivity contribution in [3.05, 3.63) is 47.2 Å². The van der Waals surface area contributed by atoms with Crippen LogP contribution in [-0.2, 0) is 6.61 Å². The first-order chi connectivity index (χ1) is 10.1. The van der Waals surface area contributed by atoms with Crippen molar-refractivity contribution >= 4 is 17.3 Å². The summed E-state index contributed by atoms with van der Waals surface area (Å²) in [5, 5.41) is 3.30. The van der Waals surface area contributed by atoms with Crippen LogP contribution in [0.2, 0.25) is 5.02 Å². The number of halogens is 3. The number of nitrogens with one attached hydrogen (secondary N) is 1. The third kappa shape index (κ3) is 3.95. The van der Waals surface area contributed by atoms with Gasteiger partial charge in [-0.3, -0.25) is 4.98 Å². The number of hydrogen-bond acceptors (Lipinski definition) is 4. The zero-order valence-corrected chi connectivity index (χ0v) is 11.9. The van der Waals surface area contributed by atoms with Crippen LogP contribution in [0.4, 0.5) is 14.5 Å². The smallest absolute Gasteiger partial charge is 0.387 e. The van der Waals surface area contributed by atoms with Crippen LogP contribution < -0.4 is 14.8 Å². The molecule has 4 nitrogen and oxygen atoms in total. The van der Waals surface area contributed by atoms with Gasteiger partial charge in [-0.1, -0.05) is 17.7 Å². The Bertz CT molecular complexity index is 611. The van der Waals surface area contributed by atoms with Gasteiger partial charge in [-0.05, 0) is 18.2 Å². The first-order valence-corrected chi connectivity index (χ1v) is 6.46. The molecule has 0 spiro atoms. The maximum Gasteiger partial charge on any atom is 0.387 e. The van der Waals surface area contributed by atoms with Gasteiger partial charge < -0.3 is 14.8 Å². The van der Waals surface area contributed by atoms with Gasteiger partial charge in [0.25, 0.3) is 0 Å². The summed E-state index contributed by atoms with van der Waals surface area (Å²) in [6.45, 7) is -2.89. The molecule has 0 aliphatic heterocycles. The Morgan fingerprint density at radius 1 is 1.29 bits per heavy atom. The van der Waals surface area contributed by atoms with Gasteiger partial charge in [0.2, 0.25) is 0 Å². The fourth-order valence-corrected chi connectivity index (χ4v) is 1.93. The summed E-state index contributed by atoms with van der Waals surface area (Å²) in [4.78, 5) is 3.89. The van der Waals surface area contributed by atoms with Gasteiger partial charge in [0.1, 0.15) is 12.4 Å². The fourth-order valence-electron chi connectivity index (χ4n) is 1.77. The number of aromatic nitrogens is 1. The van der Waals surface area contributed by atoms with E-state index in [0.717, 1.165) is 0 Å². The fraction of sp³-hybridized carbons (Fsp3) is 0.214. The molecule has 0 radical (unpaired) electrons. The molecular weight excluding hydrogens is 302 g/mol. The van der Waals surface area contributed by atoms with E-state index >= 15 is 0 Å².